The highest BCUT2D eigenvalue weighted by Crippen LogP contribution is 2.14. The number of nitrogens with zero attached hydrogens (tertiary/aromatic N) is 1. The number of rotatable bonds is 8. The predicted molar refractivity (Wildman–Crippen MR) is 96.7 cm³/mol. The molecule has 5 heteroatoms. The maximum absolute atomic E-state index is 12.4. The van der Waals surface area contributed by atoms with Crippen molar-refractivity contribution in [2.45, 2.75) is 33.1 Å². The van der Waals surface area contributed by atoms with Gasteiger partial charge in [-0.15, -0.1) is 0 Å². The molecule has 0 unspecified atom stereocenters. The fourth-order valence-corrected chi connectivity index (χ4v) is 2.28. The largest absolute Gasteiger partial charge is 0.370 e. The first-order valence-electron chi connectivity index (χ1n) is 8.22. The van der Waals surface area contributed by atoms with Gasteiger partial charge in [-0.05, 0) is 37.6 Å². The number of unbranched alkanes of at least 4 members (excludes halogenated alkanes) is 2. The van der Waals surface area contributed by atoms with E-state index in [1.165, 1.54) is 13.3 Å². The first-order valence-corrected chi connectivity index (χ1v) is 8.22. The van der Waals surface area contributed by atoms with Crippen molar-refractivity contribution in [1.82, 2.24) is 4.98 Å². The zero-order valence-electron chi connectivity index (χ0n) is 14.1. The summed E-state index contributed by atoms with van der Waals surface area (Å²) in [6.07, 6.45) is 5.02. The van der Waals surface area contributed by atoms with Crippen molar-refractivity contribution in [3.05, 3.63) is 53.7 Å². The first-order chi connectivity index (χ1) is 11.6. The van der Waals surface area contributed by atoms with Crippen LogP contribution in [0, 0.1) is 0 Å². The van der Waals surface area contributed by atoms with Crippen LogP contribution in [0.15, 0.2) is 42.6 Å². The molecule has 2 N–H and O–H groups in total. The number of aromatic nitrogens is 1. The number of hydrogen-bond donors (Lipinski definition) is 2. The lowest BCUT2D eigenvalue weighted by Crippen LogP contribution is -2.13. The summed E-state index contributed by atoms with van der Waals surface area (Å²) >= 11 is 0. The number of anilines is 2. The number of hydrogen-bond acceptors (Lipinski definition) is 4. The Hall–Kier alpha value is -2.69. The molecule has 0 aliphatic carbocycles. The molecule has 1 amide bonds. The molecule has 0 aliphatic rings. The van der Waals surface area contributed by atoms with Gasteiger partial charge in [0, 0.05) is 29.6 Å². The standard InChI is InChI=1S/C19H23N3O2/c1-3-4-5-10-20-18-13-16(9-11-21-18)19(24)22-17-8-6-7-15(12-17)14(2)23/h6-9,11-13H,3-5,10H2,1-2H3,(H,20,21)(H,22,24). The molecule has 0 fully saturated rings. The van der Waals surface area contributed by atoms with Crippen molar-refractivity contribution in [3.63, 3.8) is 0 Å². The molecular weight excluding hydrogens is 302 g/mol. The molecule has 126 valence electrons. The number of benzene rings is 1. The number of ketones is 1. The number of nitrogens with one attached hydrogen (secondary N) is 2. The van der Waals surface area contributed by atoms with Gasteiger partial charge in [-0.2, -0.15) is 0 Å². The SMILES string of the molecule is CCCCCNc1cc(C(=O)Nc2cccc(C(C)=O)c2)ccn1. The fourth-order valence-electron chi connectivity index (χ4n) is 2.28. The zero-order valence-corrected chi connectivity index (χ0v) is 14.1. The van der Waals surface area contributed by atoms with Gasteiger partial charge in [0.05, 0.1) is 0 Å². The summed E-state index contributed by atoms with van der Waals surface area (Å²) in [6.45, 7) is 4.50. The minimum absolute atomic E-state index is 0.0337. The lowest BCUT2D eigenvalue weighted by molar-refractivity contribution is 0.101. The topological polar surface area (TPSA) is 71.1 Å². The number of carbonyl (C=O) groups is 2. The maximum Gasteiger partial charge on any atom is 0.255 e. The number of carbonyl (C=O) groups excluding carboxylic acids is 2. The monoisotopic (exact) mass is 325 g/mol. The summed E-state index contributed by atoms with van der Waals surface area (Å²) < 4.78 is 0. The third-order valence-electron chi connectivity index (χ3n) is 3.64. The Labute approximate surface area is 142 Å². The smallest absolute Gasteiger partial charge is 0.255 e. The molecule has 1 aromatic carbocycles. The summed E-state index contributed by atoms with van der Waals surface area (Å²) in [4.78, 5) is 28.0. The minimum atomic E-state index is -0.227. The summed E-state index contributed by atoms with van der Waals surface area (Å²) in [5.41, 5.74) is 1.69. The van der Waals surface area contributed by atoms with Crippen LogP contribution in [0.4, 0.5) is 11.5 Å². The zero-order chi connectivity index (χ0) is 17.4. The van der Waals surface area contributed by atoms with Crippen LogP contribution in [-0.2, 0) is 0 Å². The van der Waals surface area contributed by atoms with E-state index in [9.17, 15) is 9.59 Å². The lowest BCUT2D eigenvalue weighted by atomic mass is 10.1. The van der Waals surface area contributed by atoms with Crippen LogP contribution >= 0.6 is 0 Å². The molecule has 0 aliphatic heterocycles. The van der Waals surface area contributed by atoms with Crippen LogP contribution < -0.4 is 10.6 Å². The Morgan fingerprint density at radius 3 is 2.67 bits per heavy atom. The average molecular weight is 325 g/mol. The van der Waals surface area contributed by atoms with E-state index < -0.39 is 0 Å². The van der Waals surface area contributed by atoms with Crippen molar-refractivity contribution < 1.29 is 9.59 Å². The molecule has 0 bridgehead atoms. The van der Waals surface area contributed by atoms with Gasteiger partial charge in [-0.1, -0.05) is 31.9 Å². The Bertz CT molecular complexity index is 713. The molecule has 0 saturated carbocycles. The highest BCUT2D eigenvalue weighted by Gasteiger charge is 2.08. The molecule has 0 radical (unpaired) electrons. The van der Waals surface area contributed by atoms with Crippen molar-refractivity contribution in [1.29, 1.82) is 0 Å². The average Bonchev–Trinajstić information content (AvgIpc) is 2.59. The van der Waals surface area contributed by atoms with Crippen molar-refractivity contribution in [3.8, 4) is 0 Å². The third-order valence-corrected chi connectivity index (χ3v) is 3.64. The van der Waals surface area contributed by atoms with Gasteiger partial charge in [0.15, 0.2) is 5.78 Å². The molecule has 1 heterocycles. The van der Waals surface area contributed by atoms with Crippen LogP contribution in [0.1, 0.15) is 53.8 Å². The molecule has 0 atom stereocenters. The summed E-state index contributed by atoms with van der Waals surface area (Å²) in [5, 5.41) is 6.04. The van der Waals surface area contributed by atoms with Gasteiger partial charge in [0.2, 0.25) is 0 Å². The van der Waals surface area contributed by atoms with E-state index in [0.717, 1.165) is 19.4 Å². The van der Waals surface area contributed by atoms with Gasteiger partial charge in [0.25, 0.3) is 5.91 Å². The highest BCUT2D eigenvalue weighted by atomic mass is 16.1. The molecule has 2 aromatic rings. The van der Waals surface area contributed by atoms with Crippen molar-refractivity contribution in [2.75, 3.05) is 17.2 Å². The number of Topliss-reactive ketones (excluding diaryl/α,β-unsaturated/α-hetero) is 1. The first kappa shape index (κ1) is 17.7. The maximum atomic E-state index is 12.4. The van der Waals surface area contributed by atoms with E-state index in [1.54, 1.807) is 42.6 Å². The van der Waals surface area contributed by atoms with Gasteiger partial charge in [-0.3, -0.25) is 9.59 Å². The van der Waals surface area contributed by atoms with Crippen LogP contribution in [0.5, 0.6) is 0 Å². The van der Waals surface area contributed by atoms with Gasteiger partial charge < -0.3 is 10.6 Å². The molecule has 0 saturated heterocycles. The van der Waals surface area contributed by atoms with E-state index in [-0.39, 0.29) is 11.7 Å². The van der Waals surface area contributed by atoms with E-state index in [4.69, 9.17) is 0 Å². The van der Waals surface area contributed by atoms with Crippen LogP contribution in [0.2, 0.25) is 0 Å². The quantitative estimate of drug-likeness (QED) is 0.565. The van der Waals surface area contributed by atoms with Crippen molar-refractivity contribution in [2.24, 2.45) is 0 Å². The fraction of sp³-hybridized carbons (Fsp3) is 0.316. The van der Waals surface area contributed by atoms with E-state index in [2.05, 4.69) is 22.5 Å². The number of amides is 1. The highest BCUT2D eigenvalue weighted by molar-refractivity contribution is 6.05. The van der Waals surface area contributed by atoms with Crippen LogP contribution in [-0.4, -0.2) is 23.2 Å². The molecule has 24 heavy (non-hydrogen) atoms. The second-order valence-corrected chi connectivity index (χ2v) is 5.65. The second kappa shape index (κ2) is 8.82. The van der Waals surface area contributed by atoms with E-state index >= 15 is 0 Å². The van der Waals surface area contributed by atoms with Crippen LogP contribution in [0.25, 0.3) is 0 Å². The van der Waals surface area contributed by atoms with Gasteiger partial charge in [0.1, 0.15) is 5.82 Å². The molecule has 0 spiro atoms. The second-order valence-electron chi connectivity index (χ2n) is 5.65. The Kier molecular flexibility index (Phi) is 6.49. The summed E-state index contributed by atoms with van der Waals surface area (Å²) in [6, 6.07) is 10.3. The van der Waals surface area contributed by atoms with Crippen LogP contribution in [0.3, 0.4) is 0 Å². The van der Waals surface area contributed by atoms with Gasteiger partial charge >= 0.3 is 0 Å². The van der Waals surface area contributed by atoms with Gasteiger partial charge in [-0.25, -0.2) is 4.98 Å². The molecule has 2 rings (SSSR count). The van der Waals surface area contributed by atoms with Crippen molar-refractivity contribution >= 4 is 23.2 Å². The molecule has 5 nitrogen and oxygen atoms in total. The normalized spacial score (nSPS) is 10.2. The number of pyridine rings is 1. The minimum Gasteiger partial charge on any atom is -0.370 e. The molecular formula is C19H23N3O2. The molecule has 1 aromatic heterocycles. The Balaban J connectivity index is 2.01. The lowest BCUT2D eigenvalue weighted by Gasteiger charge is -2.09. The third kappa shape index (κ3) is 5.19. The van der Waals surface area contributed by atoms with E-state index in [1.807, 2.05) is 0 Å². The summed E-state index contributed by atoms with van der Waals surface area (Å²) in [7, 11) is 0. The van der Waals surface area contributed by atoms with E-state index in [0.29, 0.717) is 22.6 Å². The summed E-state index contributed by atoms with van der Waals surface area (Å²) in [5.74, 6) is 0.430. The Morgan fingerprint density at radius 1 is 1.08 bits per heavy atom. The Morgan fingerprint density at radius 2 is 1.92 bits per heavy atom. The predicted octanol–water partition coefficient (Wildman–Crippen LogP) is 4.14.